The van der Waals surface area contributed by atoms with Gasteiger partial charge in [0.1, 0.15) is 0 Å². The van der Waals surface area contributed by atoms with Crippen LogP contribution in [0.3, 0.4) is 0 Å². The molecular formula is C10H23N3O. The molecule has 0 spiro atoms. The van der Waals surface area contributed by atoms with Gasteiger partial charge in [-0.3, -0.25) is 4.79 Å². The van der Waals surface area contributed by atoms with E-state index in [1.165, 1.54) is 0 Å². The molecule has 0 radical (unpaired) electrons. The molecule has 1 fully saturated rings. The van der Waals surface area contributed by atoms with Crippen molar-refractivity contribution in [3.8, 4) is 0 Å². The van der Waals surface area contributed by atoms with Crippen LogP contribution in [0.1, 0.15) is 20.8 Å². The maximum absolute atomic E-state index is 11.3. The molecule has 1 atom stereocenters. The summed E-state index contributed by atoms with van der Waals surface area (Å²) in [7, 11) is 2.07. The summed E-state index contributed by atoms with van der Waals surface area (Å²) < 4.78 is 0. The Bertz CT molecular complexity index is 173. The Morgan fingerprint density at radius 2 is 2.00 bits per heavy atom. The van der Waals surface area contributed by atoms with Crippen molar-refractivity contribution in [2.45, 2.75) is 26.8 Å². The molecule has 14 heavy (non-hydrogen) atoms. The number of amides is 1. The van der Waals surface area contributed by atoms with Crippen LogP contribution < -0.4 is 5.73 Å². The maximum atomic E-state index is 11.3. The van der Waals surface area contributed by atoms with E-state index in [0.717, 1.165) is 19.6 Å². The van der Waals surface area contributed by atoms with Crippen LogP contribution in [0.15, 0.2) is 0 Å². The Morgan fingerprint density at radius 3 is 2.43 bits per heavy atom. The molecule has 1 rings (SSSR count). The summed E-state index contributed by atoms with van der Waals surface area (Å²) in [6.07, 6.45) is 0. The van der Waals surface area contributed by atoms with E-state index in [-0.39, 0.29) is 12.5 Å². The maximum Gasteiger partial charge on any atom is 0.236 e. The quantitative estimate of drug-likeness (QED) is 0.656. The first-order chi connectivity index (χ1) is 6.65. The highest BCUT2D eigenvalue weighted by molar-refractivity contribution is 5.78. The topological polar surface area (TPSA) is 49.6 Å². The molecule has 0 aliphatic carbocycles. The summed E-state index contributed by atoms with van der Waals surface area (Å²) in [6, 6.07) is 0.305. The lowest BCUT2D eigenvalue weighted by Gasteiger charge is -2.38. The van der Waals surface area contributed by atoms with Gasteiger partial charge in [0.15, 0.2) is 0 Å². The number of rotatable bonds is 1. The lowest BCUT2D eigenvalue weighted by Crippen LogP contribution is -2.54. The van der Waals surface area contributed by atoms with Crippen molar-refractivity contribution in [3.05, 3.63) is 0 Å². The average molecular weight is 201 g/mol. The normalized spacial score (nSPS) is 22.6. The molecule has 84 valence electrons. The van der Waals surface area contributed by atoms with E-state index < -0.39 is 0 Å². The summed E-state index contributed by atoms with van der Waals surface area (Å²) in [6.45, 7) is 8.91. The Balaban J connectivity index is 0.000000791. The zero-order valence-corrected chi connectivity index (χ0v) is 9.79. The predicted octanol–water partition coefficient (Wildman–Crippen LogP) is 0.134. The molecule has 4 nitrogen and oxygen atoms in total. The molecule has 0 bridgehead atoms. The minimum absolute atomic E-state index is 0.0654. The van der Waals surface area contributed by atoms with Gasteiger partial charge in [0.05, 0.1) is 6.54 Å². The molecule has 1 amide bonds. The molecule has 1 aliphatic rings. The number of carbonyl (C=O) groups excluding carboxylic acids is 1. The van der Waals surface area contributed by atoms with Gasteiger partial charge in [-0.2, -0.15) is 0 Å². The van der Waals surface area contributed by atoms with Crippen LogP contribution in [-0.2, 0) is 4.79 Å². The summed E-state index contributed by atoms with van der Waals surface area (Å²) >= 11 is 0. The van der Waals surface area contributed by atoms with E-state index in [1.807, 2.05) is 18.7 Å². The molecule has 0 aromatic carbocycles. The lowest BCUT2D eigenvalue weighted by molar-refractivity contribution is -0.133. The second-order valence-electron chi connectivity index (χ2n) is 3.40. The van der Waals surface area contributed by atoms with Gasteiger partial charge in [-0.15, -0.1) is 0 Å². The van der Waals surface area contributed by atoms with Gasteiger partial charge in [0.2, 0.25) is 5.91 Å². The van der Waals surface area contributed by atoms with Crippen LogP contribution in [0.2, 0.25) is 0 Å². The van der Waals surface area contributed by atoms with Crippen molar-refractivity contribution < 1.29 is 4.79 Å². The van der Waals surface area contributed by atoms with Gasteiger partial charge >= 0.3 is 0 Å². The first-order valence-corrected chi connectivity index (χ1v) is 5.33. The minimum Gasteiger partial charge on any atom is -0.336 e. The highest BCUT2D eigenvalue weighted by atomic mass is 16.2. The van der Waals surface area contributed by atoms with E-state index >= 15 is 0 Å². The SMILES string of the molecule is CC.CC1CN(C)CCN1C(=O)CN. The largest absolute Gasteiger partial charge is 0.336 e. The Labute approximate surface area is 87.0 Å². The Hall–Kier alpha value is -0.610. The minimum atomic E-state index is 0.0654. The predicted molar refractivity (Wildman–Crippen MR) is 59.1 cm³/mol. The van der Waals surface area contributed by atoms with Crippen molar-refractivity contribution in [1.29, 1.82) is 0 Å². The van der Waals surface area contributed by atoms with Crippen LogP contribution in [0.5, 0.6) is 0 Å². The molecule has 0 aromatic heterocycles. The Kier molecular flexibility index (Phi) is 6.49. The van der Waals surface area contributed by atoms with Crippen LogP contribution >= 0.6 is 0 Å². The van der Waals surface area contributed by atoms with Crippen molar-refractivity contribution in [3.63, 3.8) is 0 Å². The third-order valence-electron chi connectivity index (χ3n) is 2.33. The molecule has 1 unspecified atom stereocenters. The second kappa shape index (κ2) is 6.79. The molecule has 0 saturated carbocycles. The molecule has 1 saturated heterocycles. The van der Waals surface area contributed by atoms with Crippen molar-refractivity contribution in [2.75, 3.05) is 33.2 Å². The Morgan fingerprint density at radius 1 is 1.43 bits per heavy atom. The van der Waals surface area contributed by atoms with Crippen molar-refractivity contribution >= 4 is 5.91 Å². The second-order valence-corrected chi connectivity index (χ2v) is 3.40. The summed E-state index contributed by atoms with van der Waals surface area (Å²) in [5.41, 5.74) is 5.29. The van der Waals surface area contributed by atoms with Crippen molar-refractivity contribution in [1.82, 2.24) is 9.80 Å². The summed E-state index contributed by atoms with van der Waals surface area (Å²) in [5.74, 6) is 0.0654. The molecule has 0 aromatic rings. The van der Waals surface area contributed by atoms with Gasteiger partial charge in [0, 0.05) is 25.7 Å². The van der Waals surface area contributed by atoms with Gasteiger partial charge in [-0.1, -0.05) is 13.8 Å². The highest BCUT2D eigenvalue weighted by Crippen LogP contribution is 2.06. The smallest absolute Gasteiger partial charge is 0.236 e. The number of nitrogens with two attached hydrogens (primary N) is 1. The summed E-state index contributed by atoms with van der Waals surface area (Å²) in [5, 5.41) is 0. The number of piperazine rings is 1. The fourth-order valence-electron chi connectivity index (χ4n) is 1.63. The van der Waals surface area contributed by atoms with Gasteiger partial charge in [-0.25, -0.2) is 0 Å². The third kappa shape index (κ3) is 3.64. The van der Waals surface area contributed by atoms with Crippen molar-refractivity contribution in [2.24, 2.45) is 5.73 Å². The van der Waals surface area contributed by atoms with Gasteiger partial charge in [0.25, 0.3) is 0 Å². The molecule has 2 N–H and O–H groups in total. The van der Waals surface area contributed by atoms with Crippen LogP contribution in [0.25, 0.3) is 0 Å². The van der Waals surface area contributed by atoms with E-state index in [9.17, 15) is 4.79 Å². The van der Waals surface area contributed by atoms with E-state index in [1.54, 1.807) is 0 Å². The van der Waals surface area contributed by atoms with Crippen LogP contribution in [-0.4, -0.2) is 55.0 Å². The highest BCUT2D eigenvalue weighted by Gasteiger charge is 2.24. The van der Waals surface area contributed by atoms with E-state index in [2.05, 4.69) is 18.9 Å². The number of hydrogen-bond donors (Lipinski definition) is 1. The monoisotopic (exact) mass is 201 g/mol. The van der Waals surface area contributed by atoms with Crippen LogP contribution in [0, 0.1) is 0 Å². The van der Waals surface area contributed by atoms with E-state index in [0.29, 0.717) is 6.04 Å². The zero-order valence-electron chi connectivity index (χ0n) is 9.79. The fraction of sp³-hybridized carbons (Fsp3) is 0.900. The first kappa shape index (κ1) is 13.4. The number of carbonyl (C=O) groups is 1. The molecule has 1 aliphatic heterocycles. The standard InChI is InChI=1S/C8H17N3O.C2H6/c1-7-6-10(2)3-4-11(7)8(12)5-9;1-2/h7H,3-6,9H2,1-2H3;1-2H3. The zero-order chi connectivity index (χ0) is 11.1. The fourth-order valence-corrected chi connectivity index (χ4v) is 1.63. The van der Waals surface area contributed by atoms with Crippen LogP contribution in [0.4, 0.5) is 0 Å². The van der Waals surface area contributed by atoms with E-state index in [4.69, 9.17) is 5.73 Å². The lowest BCUT2D eigenvalue weighted by atomic mass is 10.2. The van der Waals surface area contributed by atoms with Gasteiger partial charge in [-0.05, 0) is 14.0 Å². The average Bonchev–Trinajstić information content (AvgIpc) is 2.20. The van der Waals surface area contributed by atoms with Gasteiger partial charge < -0.3 is 15.5 Å². The number of hydrogen-bond acceptors (Lipinski definition) is 3. The first-order valence-electron chi connectivity index (χ1n) is 5.33. The number of nitrogens with zero attached hydrogens (tertiary/aromatic N) is 2. The molecule has 4 heteroatoms. The number of likely N-dealkylation sites (N-methyl/N-ethyl adjacent to an activating group) is 1. The molecular weight excluding hydrogens is 178 g/mol. The molecule has 1 heterocycles. The third-order valence-corrected chi connectivity index (χ3v) is 2.33. The summed E-state index contributed by atoms with van der Waals surface area (Å²) in [4.78, 5) is 15.4.